The van der Waals surface area contributed by atoms with Crippen molar-refractivity contribution in [1.82, 2.24) is 5.32 Å². The average molecular weight is 217 g/mol. The molecule has 0 aliphatic carbocycles. The summed E-state index contributed by atoms with van der Waals surface area (Å²) in [6.07, 6.45) is -0.726. The maximum absolute atomic E-state index is 11.7. The summed E-state index contributed by atoms with van der Waals surface area (Å²) in [5.41, 5.74) is -1.31. The Hall–Kier alpha value is -1.10. The Bertz CT molecular complexity index is 242. The maximum Gasteiger partial charge on any atom is 0.407 e. The number of nitrogens with one attached hydrogen (secondary N) is 1. The fraction of sp³-hybridized carbons (Fsp3) is 0.800. The van der Waals surface area contributed by atoms with E-state index >= 15 is 0 Å². The normalized spacial score (nSPS) is 13.5. The first-order chi connectivity index (χ1) is 6.70. The largest absolute Gasteiger partial charge is 0.453 e. The van der Waals surface area contributed by atoms with Crippen molar-refractivity contribution in [2.24, 2.45) is 5.92 Å². The molecule has 0 aromatic carbocycles. The van der Waals surface area contributed by atoms with E-state index in [2.05, 4.69) is 10.1 Å². The van der Waals surface area contributed by atoms with Gasteiger partial charge in [0.05, 0.1) is 12.7 Å². The Kier molecular flexibility index (Phi) is 4.74. The zero-order valence-corrected chi connectivity index (χ0v) is 9.83. The van der Waals surface area contributed by atoms with Crippen LogP contribution >= 0.6 is 0 Å². The highest BCUT2D eigenvalue weighted by Crippen LogP contribution is 2.13. The van der Waals surface area contributed by atoms with Crippen LogP contribution in [0.25, 0.3) is 0 Å². The van der Waals surface area contributed by atoms with Crippen molar-refractivity contribution >= 4 is 11.9 Å². The molecule has 2 N–H and O–H groups in total. The van der Waals surface area contributed by atoms with Gasteiger partial charge in [-0.15, -0.1) is 0 Å². The Morgan fingerprint density at radius 2 is 1.80 bits per heavy atom. The second-order valence-corrected chi connectivity index (χ2v) is 4.28. The predicted molar refractivity (Wildman–Crippen MR) is 55.5 cm³/mol. The number of ketones is 1. The van der Waals surface area contributed by atoms with Crippen LogP contribution in [0.2, 0.25) is 0 Å². The Morgan fingerprint density at radius 1 is 1.33 bits per heavy atom. The first kappa shape index (κ1) is 13.9. The number of hydrogen-bond donors (Lipinski definition) is 2. The molecule has 0 radical (unpaired) electrons. The molecule has 0 saturated heterocycles. The maximum atomic E-state index is 11.7. The van der Waals surface area contributed by atoms with Crippen LogP contribution in [0.4, 0.5) is 4.79 Å². The molecule has 88 valence electrons. The van der Waals surface area contributed by atoms with Gasteiger partial charge in [-0.2, -0.15) is 0 Å². The highest BCUT2D eigenvalue weighted by molar-refractivity contribution is 5.89. The molecule has 0 rings (SSSR count). The summed E-state index contributed by atoms with van der Waals surface area (Å²) in [6, 6.07) is -0.954. The number of hydrogen-bond acceptors (Lipinski definition) is 4. The second-order valence-electron chi connectivity index (χ2n) is 4.28. The molecule has 0 heterocycles. The van der Waals surface area contributed by atoms with Gasteiger partial charge >= 0.3 is 6.09 Å². The lowest BCUT2D eigenvalue weighted by atomic mass is 9.90. The highest BCUT2D eigenvalue weighted by Gasteiger charge is 2.35. The lowest BCUT2D eigenvalue weighted by Gasteiger charge is -2.29. The van der Waals surface area contributed by atoms with Gasteiger partial charge in [-0.25, -0.2) is 4.79 Å². The predicted octanol–water partition coefficient (Wildman–Crippen LogP) is 0.707. The number of alkyl carbamates (subject to hydrolysis) is 1. The van der Waals surface area contributed by atoms with Crippen LogP contribution in [0.5, 0.6) is 0 Å². The van der Waals surface area contributed by atoms with Gasteiger partial charge in [0.15, 0.2) is 5.78 Å². The SMILES string of the molecule is COC(=O)N[C@H](C(=O)C(C)C)C(C)(C)O. The highest BCUT2D eigenvalue weighted by atomic mass is 16.5. The number of Topliss-reactive ketones (excluding diaryl/α,β-unsaturated/α-hetero) is 1. The number of aliphatic hydroxyl groups is 1. The van der Waals surface area contributed by atoms with E-state index in [0.29, 0.717) is 0 Å². The summed E-state index contributed by atoms with van der Waals surface area (Å²) in [6.45, 7) is 6.35. The molecule has 5 nitrogen and oxygen atoms in total. The molecule has 0 bridgehead atoms. The molecule has 0 aromatic rings. The zero-order chi connectivity index (χ0) is 12.2. The minimum atomic E-state index is -1.31. The van der Waals surface area contributed by atoms with Crippen LogP contribution in [0, 0.1) is 5.92 Å². The standard InChI is InChI=1S/C10H19NO4/c1-6(2)7(12)8(10(3,4)14)11-9(13)15-5/h6,8,14H,1-5H3,(H,11,13)/t8-/m1/s1. The number of methoxy groups -OCH3 is 1. The van der Waals surface area contributed by atoms with Gasteiger partial charge in [0.1, 0.15) is 6.04 Å². The molecule has 0 saturated carbocycles. The number of carbonyl (C=O) groups excluding carboxylic acids is 2. The minimum Gasteiger partial charge on any atom is -0.453 e. The first-order valence-corrected chi connectivity index (χ1v) is 4.80. The minimum absolute atomic E-state index is 0.229. The quantitative estimate of drug-likeness (QED) is 0.727. The summed E-state index contributed by atoms with van der Waals surface area (Å²) in [7, 11) is 1.20. The van der Waals surface area contributed by atoms with Gasteiger partial charge in [-0.05, 0) is 13.8 Å². The lowest BCUT2D eigenvalue weighted by Crippen LogP contribution is -2.55. The zero-order valence-electron chi connectivity index (χ0n) is 9.83. The summed E-state index contributed by atoms with van der Waals surface area (Å²) in [5, 5.41) is 12.1. The summed E-state index contributed by atoms with van der Waals surface area (Å²) < 4.78 is 4.39. The van der Waals surface area contributed by atoms with E-state index in [1.165, 1.54) is 21.0 Å². The fourth-order valence-corrected chi connectivity index (χ4v) is 1.11. The van der Waals surface area contributed by atoms with Crippen molar-refractivity contribution in [2.75, 3.05) is 7.11 Å². The van der Waals surface area contributed by atoms with Gasteiger partial charge in [-0.1, -0.05) is 13.8 Å². The molecule has 0 unspecified atom stereocenters. The first-order valence-electron chi connectivity index (χ1n) is 4.80. The Morgan fingerprint density at radius 3 is 2.07 bits per heavy atom. The third-order valence-corrected chi connectivity index (χ3v) is 2.01. The van der Waals surface area contributed by atoms with Gasteiger partial charge in [0.2, 0.25) is 0 Å². The van der Waals surface area contributed by atoms with Crippen molar-refractivity contribution in [3.63, 3.8) is 0 Å². The van der Waals surface area contributed by atoms with E-state index in [1.54, 1.807) is 13.8 Å². The molecule has 0 fully saturated rings. The van der Waals surface area contributed by atoms with Crippen LogP contribution in [-0.2, 0) is 9.53 Å². The molecule has 0 aromatic heterocycles. The number of ether oxygens (including phenoxy) is 1. The van der Waals surface area contributed by atoms with Crippen molar-refractivity contribution in [1.29, 1.82) is 0 Å². The van der Waals surface area contributed by atoms with Gasteiger partial charge < -0.3 is 15.2 Å². The molecular formula is C10H19NO4. The Balaban J connectivity index is 4.75. The van der Waals surface area contributed by atoms with Crippen LogP contribution in [0.1, 0.15) is 27.7 Å². The molecule has 5 heteroatoms. The van der Waals surface area contributed by atoms with Crippen LogP contribution in [0.3, 0.4) is 0 Å². The van der Waals surface area contributed by atoms with E-state index in [1.807, 2.05) is 0 Å². The number of carbonyl (C=O) groups is 2. The molecule has 0 aliphatic heterocycles. The van der Waals surface area contributed by atoms with Crippen LogP contribution < -0.4 is 5.32 Å². The topological polar surface area (TPSA) is 75.6 Å². The van der Waals surface area contributed by atoms with Crippen molar-refractivity contribution < 1.29 is 19.4 Å². The Labute approximate surface area is 89.8 Å². The molecule has 1 atom stereocenters. The monoisotopic (exact) mass is 217 g/mol. The summed E-state index contributed by atoms with van der Waals surface area (Å²) >= 11 is 0. The van der Waals surface area contributed by atoms with E-state index in [4.69, 9.17) is 0 Å². The number of amides is 1. The third kappa shape index (κ3) is 4.29. The van der Waals surface area contributed by atoms with Gasteiger partial charge in [0.25, 0.3) is 0 Å². The van der Waals surface area contributed by atoms with E-state index in [-0.39, 0.29) is 11.7 Å². The van der Waals surface area contributed by atoms with Gasteiger partial charge in [0, 0.05) is 5.92 Å². The van der Waals surface area contributed by atoms with Crippen molar-refractivity contribution in [3.05, 3.63) is 0 Å². The second kappa shape index (κ2) is 5.11. The molecule has 0 spiro atoms. The van der Waals surface area contributed by atoms with E-state index < -0.39 is 17.7 Å². The van der Waals surface area contributed by atoms with Crippen molar-refractivity contribution in [3.8, 4) is 0 Å². The fourth-order valence-electron chi connectivity index (χ4n) is 1.11. The van der Waals surface area contributed by atoms with Crippen LogP contribution in [0.15, 0.2) is 0 Å². The molecular weight excluding hydrogens is 198 g/mol. The third-order valence-electron chi connectivity index (χ3n) is 2.01. The smallest absolute Gasteiger partial charge is 0.407 e. The summed E-state index contributed by atoms with van der Waals surface area (Å²) in [4.78, 5) is 22.7. The average Bonchev–Trinajstić information content (AvgIpc) is 2.10. The van der Waals surface area contributed by atoms with Gasteiger partial charge in [-0.3, -0.25) is 4.79 Å². The van der Waals surface area contributed by atoms with Crippen LogP contribution in [-0.4, -0.2) is 35.7 Å². The molecule has 15 heavy (non-hydrogen) atoms. The molecule has 0 aliphatic rings. The lowest BCUT2D eigenvalue weighted by molar-refractivity contribution is -0.129. The van der Waals surface area contributed by atoms with E-state index in [9.17, 15) is 14.7 Å². The van der Waals surface area contributed by atoms with E-state index in [0.717, 1.165) is 0 Å². The number of rotatable bonds is 4. The van der Waals surface area contributed by atoms with Crippen molar-refractivity contribution in [2.45, 2.75) is 39.3 Å². The molecule has 1 amide bonds. The summed E-state index contributed by atoms with van der Waals surface area (Å²) in [5.74, 6) is -0.494.